The van der Waals surface area contributed by atoms with Crippen LogP contribution in [0.2, 0.25) is 0 Å². The Kier molecular flexibility index (Phi) is 5.55. The van der Waals surface area contributed by atoms with Crippen LogP contribution in [0.5, 0.6) is 5.75 Å². The first kappa shape index (κ1) is 14.5. The van der Waals surface area contributed by atoms with Gasteiger partial charge in [-0.2, -0.15) is 0 Å². The predicted octanol–water partition coefficient (Wildman–Crippen LogP) is 2.22. The van der Waals surface area contributed by atoms with Crippen LogP contribution >= 0.6 is 0 Å². The molecule has 1 aromatic heterocycles. The number of aromatic nitrogens is 3. The topological polar surface area (TPSA) is 52.0 Å². The van der Waals surface area contributed by atoms with Crippen LogP contribution < -0.4 is 10.1 Å². The molecule has 2 rings (SSSR count). The van der Waals surface area contributed by atoms with Crippen molar-refractivity contribution in [3.8, 4) is 5.75 Å². The summed E-state index contributed by atoms with van der Waals surface area (Å²) in [5.41, 5.74) is 2.16. The number of hydrogen-bond donors (Lipinski definition) is 1. The average molecular weight is 274 g/mol. The molecule has 20 heavy (non-hydrogen) atoms. The Morgan fingerprint density at radius 3 is 2.70 bits per heavy atom. The molecule has 0 unspecified atom stereocenters. The molecule has 0 aliphatic rings. The lowest BCUT2D eigenvalue weighted by molar-refractivity contribution is 0.340. The SMILES string of the molecule is CCCNCc1cn(Cc2ccc(OCC)cc2)nn1. The lowest BCUT2D eigenvalue weighted by Gasteiger charge is -2.04. The number of nitrogens with zero attached hydrogens (tertiary/aromatic N) is 3. The highest BCUT2D eigenvalue weighted by Gasteiger charge is 2.01. The molecule has 1 heterocycles. The maximum absolute atomic E-state index is 5.43. The van der Waals surface area contributed by atoms with Gasteiger partial charge in [0.25, 0.3) is 0 Å². The van der Waals surface area contributed by atoms with Crippen molar-refractivity contribution in [1.82, 2.24) is 20.3 Å². The molecule has 0 spiro atoms. The Morgan fingerprint density at radius 2 is 2.00 bits per heavy atom. The summed E-state index contributed by atoms with van der Waals surface area (Å²) in [4.78, 5) is 0. The largest absolute Gasteiger partial charge is 0.494 e. The molecule has 108 valence electrons. The van der Waals surface area contributed by atoms with Crippen LogP contribution in [-0.4, -0.2) is 28.1 Å². The quantitative estimate of drug-likeness (QED) is 0.750. The summed E-state index contributed by atoms with van der Waals surface area (Å²) in [6.07, 6.45) is 3.11. The first-order valence-corrected chi connectivity index (χ1v) is 7.13. The Balaban J connectivity index is 1.89. The van der Waals surface area contributed by atoms with Gasteiger partial charge >= 0.3 is 0 Å². The second-order valence-corrected chi connectivity index (χ2v) is 4.66. The van der Waals surface area contributed by atoms with Crippen LogP contribution in [0.25, 0.3) is 0 Å². The molecule has 1 N–H and O–H groups in total. The van der Waals surface area contributed by atoms with E-state index in [4.69, 9.17) is 4.74 Å². The second-order valence-electron chi connectivity index (χ2n) is 4.66. The number of ether oxygens (including phenoxy) is 1. The minimum Gasteiger partial charge on any atom is -0.494 e. The first-order valence-electron chi connectivity index (χ1n) is 7.13. The fourth-order valence-corrected chi connectivity index (χ4v) is 1.93. The van der Waals surface area contributed by atoms with Gasteiger partial charge in [-0.15, -0.1) is 5.10 Å². The van der Waals surface area contributed by atoms with E-state index < -0.39 is 0 Å². The molecule has 0 aliphatic heterocycles. The number of benzene rings is 1. The van der Waals surface area contributed by atoms with Crippen molar-refractivity contribution in [2.75, 3.05) is 13.2 Å². The highest BCUT2D eigenvalue weighted by atomic mass is 16.5. The molecule has 5 nitrogen and oxygen atoms in total. The molecule has 0 amide bonds. The minimum atomic E-state index is 0.691. The standard InChI is InChI=1S/C15H22N4O/c1-3-9-16-10-14-12-19(18-17-14)11-13-5-7-15(8-6-13)20-4-2/h5-8,12,16H,3-4,9-11H2,1-2H3. The van der Waals surface area contributed by atoms with Crippen LogP contribution in [0.3, 0.4) is 0 Å². The summed E-state index contributed by atoms with van der Waals surface area (Å²) in [6.45, 7) is 7.33. The van der Waals surface area contributed by atoms with Crippen molar-refractivity contribution in [1.29, 1.82) is 0 Å². The molecule has 0 fully saturated rings. The summed E-state index contributed by atoms with van der Waals surface area (Å²) in [5.74, 6) is 0.902. The summed E-state index contributed by atoms with van der Waals surface area (Å²) in [6, 6.07) is 8.09. The Hall–Kier alpha value is -1.88. The fraction of sp³-hybridized carbons (Fsp3) is 0.467. The van der Waals surface area contributed by atoms with E-state index in [1.165, 1.54) is 5.56 Å². The van der Waals surface area contributed by atoms with Crippen LogP contribution in [-0.2, 0) is 13.1 Å². The van der Waals surface area contributed by atoms with Gasteiger partial charge in [-0.25, -0.2) is 4.68 Å². The van der Waals surface area contributed by atoms with E-state index in [-0.39, 0.29) is 0 Å². The lowest BCUT2D eigenvalue weighted by atomic mass is 10.2. The predicted molar refractivity (Wildman–Crippen MR) is 78.7 cm³/mol. The molecule has 0 bridgehead atoms. The zero-order chi connectivity index (χ0) is 14.2. The summed E-state index contributed by atoms with van der Waals surface area (Å²) in [5, 5.41) is 11.6. The zero-order valence-electron chi connectivity index (χ0n) is 12.2. The van der Waals surface area contributed by atoms with Crippen LogP contribution in [0.15, 0.2) is 30.5 Å². The van der Waals surface area contributed by atoms with Crippen molar-refractivity contribution in [2.24, 2.45) is 0 Å². The van der Waals surface area contributed by atoms with E-state index >= 15 is 0 Å². The zero-order valence-corrected chi connectivity index (χ0v) is 12.2. The van der Waals surface area contributed by atoms with E-state index in [1.807, 2.05) is 29.9 Å². The number of hydrogen-bond acceptors (Lipinski definition) is 4. The first-order chi connectivity index (χ1) is 9.81. The van der Waals surface area contributed by atoms with Crippen molar-refractivity contribution in [3.63, 3.8) is 0 Å². The van der Waals surface area contributed by atoms with Gasteiger partial charge in [-0.05, 0) is 37.6 Å². The molecule has 0 saturated carbocycles. The third kappa shape index (κ3) is 4.35. The maximum Gasteiger partial charge on any atom is 0.119 e. The normalized spacial score (nSPS) is 10.7. The molecular weight excluding hydrogens is 252 g/mol. The fourth-order valence-electron chi connectivity index (χ4n) is 1.93. The summed E-state index contributed by atoms with van der Waals surface area (Å²) in [7, 11) is 0. The van der Waals surface area contributed by atoms with Crippen molar-refractivity contribution >= 4 is 0 Å². The van der Waals surface area contributed by atoms with Crippen LogP contribution in [0.4, 0.5) is 0 Å². The van der Waals surface area contributed by atoms with E-state index in [9.17, 15) is 0 Å². The molecule has 2 aromatic rings. The second kappa shape index (κ2) is 7.65. The van der Waals surface area contributed by atoms with Gasteiger partial charge < -0.3 is 10.1 Å². The number of nitrogens with one attached hydrogen (secondary N) is 1. The van der Waals surface area contributed by atoms with Crippen LogP contribution in [0, 0.1) is 0 Å². The third-order valence-corrected chi connectivity index (χ3v) is 2.90. The monoisotopic (exact) mass is 274 g/mol. The van der Waals surface area contributed by atoms with Gasteiger partial charge in [-0.1, -0.05) is 24.3 Å². The van der Waals surface area contributed by atoms with E-state index in [0.29, 0.717) is 6.61 Å². The molecular formula is C15H22N4O. The summed E-state index contributed by atoms with van der Waals surface area (Å²) < 4.78 is 7.29. The van der Waals surface area contributed by atoms with Gasteiger partial charge in [0.05, 0.1) is 25.0 Å². The van der Waals surface area contributed by atoms with E-state index in [0.717, 1.165) is 37.5 Å². The highest BCUT2D eigenvalue weighted by molar-refractivity contribution is 5.27. The minimum absolute atomic E-state index is 0.691. The molecule has 1 aromatic carbocycles. The van der Waals surface area contributed by atoms with Gasteiger partial charge in [0.2, 0.25) is 0 Å². The van der Waals surface area contributed by atoms with Gasteiger partial charge in [-0.3, -0.25) is 0 Å². The lowest BCUT2D eigenvalue weighted by Crippen LogP contribution is -2.13. The average Bonchev–Trinajstić information content (AvgIpc) is 2.89. The van der Waals surface area contributed by atoms with Crippen molar-refractivity contribution < 1.29 is 4.74 Å². The Labute approximate surface area is 120 Å². The molecule has 0 saturated heterocycles. The van der Waals surface area contributed by atoms with Gasteiger partial charge in [0.15, 0.2) is 0 Å². The van der Waals surface area contributed by atoms with Crippen LogP contribution in [0.1, 0.15) is 31.5 Å². The van der Waals surface area contributed by atoms with Gasteiger partial charge in [0.1, 0.15) is 5.75 Å². The Bertz CT molecular complexity index is 507. The third-order valence-electron chi connectivity index (χ3n) is 2.90. The summed E-state index contributed by atoms with van der Waals surface area (Å²) >= 11 is 0. The highest BCUT2D eigenvalue weighted by Crippen LogP contribution is 2.12. The van der Waals surface area contributed by atoms with E-state index in [1.54, 1.807) is 0 Å². The Morgan fingerprint density at radius 1 is 1.20 bits per heavy atom. The smallest absolute Gasteiger partial charge is 0.119 e. The number of rotatable bonds is 8. The van der Waals surface area contributed by atoms with Gasteiger partial charge in [0, 0.05) is 6.54 Å². The molecule has 0 aliphatic carbocycles. The van der Waals surface area contributed by atoms with E-state index in [2.05, 4.69) is 34.7 Å². The van der Waals surface area contributed by atoms with Crippen molar-refractivity contribution in [2.45, 2.75) is 33.4 Å². The molecule has 0 atom stereocenters. The maximum atomic E-state index is 5.43. The molecule has 5 heteroatoms. The van der Waals surface area contributed by atoms with Crippen molar-refractivity contribution in [3.05, 3.63) is 41.7 Å². The molecule has 0 radical (unpaired) electrons.